The van der Waals surface area contributed by atoms with Gasteiger partial charge in [-0.1, -0.05) is 34.4 Å². The average Bonchev–Trinajstić information content (AvgIpc) is 2.92. The summed E-state index contributed by atoms with van der Waals surface area (Å²) in [7, 11) is 1.52. The van der Waals surface area contributed by atoms with Crippen molar-refractivity contribution >= 4 is 46.9 Å². The van der Waals surface area contributed by atoms with Gasteiger partial charge in [-0.05, 0) is 30.7 Å². The van der Waals surface area contributed by atoms with Gasteiger partial charge in [0, 0.05) is 19.2 Å². The summed E-state index contributed by atoms with van der Waals surface area (Å²) in [4.78, 5) is 25.2. The lowest BCUT2D eigenvalue weighted by Crippen LogP contribution is -2.33. The average molecular weight is 368 g/mol. The van der Waals surface area contributed by atoms with E-state index < -0.39 is 0 Å². The number of benzene rings is 1. The Hall–Kier alpha value is -2.31. The van der Waals surface area contributed by atoms with E-state index in [1.54, 1.807) is 37.3 Å². The standard InChI is InChI=1S/C16H15Cl2N3O3/c1-10-7-14(20-24-10)19-15(22)9-21(2)16(23)6-4-11-3-5-12(17)13(18)8-11/h3-8H,9H2,1-2H3,(H,19,20,22)/b6-4-. The van der Waals surface area contributed by atoms with Gasteiger partial charge in [0.05, 0.1) is 16.6 Å². The van der Waals surface area contributed by atoms with E-state index in [0.717, 1.165) is 5.56 Å². The molecule has 0 spiro atoms. The molecule has 2 rings (SSSR count). The van der Waals surface area contributed by atoms with E-state index in [0.29, 0.717) is 21.6 Å². The largest absolute Gasteiger partial charge is 0.360 e. The fourth-order valence-electron chi connectivity index (χ4n) is 1.81. The summed E-state index contributed by atoms with van der Waals surface area (Å²) in [5.74, 6) is 0.193. The zero-order valence-corrected chi connectivity index (χ0v) is 14.6. The monoisotopic (exact) mass is 367 g/mol. The molecule has 0 aliphatic carbocycles. The molecule has 0 fully saturated rings. The number of hydrogen-bond acceptors (Lipinski definition) is 4. The molecule has 0 unspecified atom stereocenters. The van der Waals surface area contributed by atoms with E-state index in [-0.39, 0.29) is 18.4 Å². The van der Waals surface area contributed by atoms with E-state index in [4.69, 9.17) is 27.7 Å². The fourth-order valence-corrected chi connectivity index (χ4v) is 2.12. The van der Waals surface area contributed by atoms with Crippen LogP contribution in [0.15, 0.2) is 34.9 Å². The van der Waals surface area contributed by atoms with Crippen molar-refractivity contribution in [2.75, 3.05) is 18.9 Å². The van der Waals surface area contributed by atoms with Gasteiger partial charge in [0.15, 0.2) is 5.82 Å². The minimum atomic E-state index is -0.373. The number of amides is 2. The Kier molecular flexibility index (Phi) is 6.00. The van der Waals surface area contributed by atoms with Gasteiger partial charge in [-0.2, -0.15) is 0 Å². The molecule has 0 aliphatic rings. The van der Waals surface area contributed by atoms with Crippen LogP contribution < -0.4 is 5.32 Å². The van der Waals surface area contributed by atoms with Gasteiger partial charge in [-0.15, -0.1) is 0 Å². The highest BCUT2D eigenvalue weighted by atomic mass is 35.5. The first-order valence-electron chi connectivity index (χ1n) is 6.96. The van der Waals surface area contributed by atoms with Crippen LogP contribution in [0.4, 0.5) is 5.82 Å². The molecule has 0 bridgehead atoms. The minimum Gasteiger partial charge on any atom is -0.360 e. The maximum absolute atomic E-state index is 12.0. The second-order valence-electron chi connectivity index (χ2n) is 5.07. The molecule has 0 atom stereocenters. The Morgan fingerprint density at radius 3 is 2.67 bits per heavy atom. The number of aryl methyl sites for hydroxylation is 1. The molecule has 2 amide bonds. The van der Waals surface area contributed by atoms with Gasteiger partial charge >= 0.3 is 0 Å². The molecule has 0 aliphatic heterocycles. The molecule has 0 saturated carbocycles. The van der Waals surface area contributed by atoms with Crippen LogP contribution in [0, 0.1) is 6.92 Å². The second kappa shape index (κ2) is 7.99. The third-order valence-corrected chi connectivity index (χ3v) is 3.75. The highest BCUT2D eigenvalue weighted by molar-refractivity contribution is 6.42. The van der Waals surface area contributed by atoms with Gasteiger partial charge in [0.1, 0.15) is 5.76 Å². The number of nitrogens with one attached hydrogen (secondary N) is 1. The summed E-state index contributed by atoms with van der Waals surface area (Å²) in [5, 5.41) is 7.04. The first-order chi connectivity index (χ1) is 11.3. The van der Waals surface area contributed by atoms with Crippen LogP contribution in [-0.4, -0.2) is 35.5 Å². The zero-order valence-electron chi connectivity index (χ0n) is 13.0. The van der Waals surface area contributed by atoms with Crippen molar-refractivity contribution in [1.82, 2.24) is 10.1 Å². The van der Waals surface area contributed by atoms with Crippen LogP contribution in [0.3, 0.4) is 0 Å². The van der Waals surface area contributed by atoms with Crippen LogP contribution >= 0.6 is 23.2 Å². The molecule has 0 radical (unpaired) electrons. The molecule has 0 saturated heterocycles. The number of aromatic nitrogens is 1. The highest BCUT2D eigenvalue weighted by Gasteiger charge is 2.12. The first kappa shape index (κ1) is 18.0. The lowest BCUT2D eigenvalue weighted by atomic mass is 10.2. The molecule has 1 heterocycles. The SMILES string of the molecule is Cc1cc(NC(=O)CN(C)C(=O)/C=C\c2ccc(Cl)c(Cl)c2)no1. The third-order valence-electron chi connectivity index (χ3n) is 3.01. The lowest BCUT2D eigenvalue weighted by Gasteiger charge is -2.13. The summed E-state index contributed by atoms with van der Waals surface area (Å²) in [5.41, 5.74) is 0.730. The molecule has 1 aromatic heterocycles. The van der Waals surface area contributed by atoms with Crippen LogP contribution in [0.1, 0.15) is 11.3 Å². The van der Waals surface area contributed by atoms with Crippen LogP contribution in [-0.2, 0) is 9.59 Å². The Morgan fingerprint density at radius 2 is 2.04 bits per heavy atom. The number of rotatable bonds is 5. The predicted molar refractivity (Wildman–Crippen MR) is 93.0 cm³/mol. The van der Waals surface area contributed by atoms with Gasteiger partial charge in [-0.25, -0.2) is 0 Å². The Morgan fingerprint density at radius 1 is 1.29 bits per heavy atom. The lowest BCUT2D eigenvalue weighted by molar-refractivity contribution is -0.129. The van der Waals surface area contributed by atoms with Gasteiger partial charge in [0.25, 0.3) is 0 Å². The molecular formula is C16H15Cl2N3O3. The maximum Gasteiger partial charge on any atom is 0.246 e. The van der Waals surface area contributed by atoms with Crippen molar-refractivity contribution in [3.05, 3.63) is 51.7 Å². The van der Waals surface area contributed by atoms with Crippen molar-refractivity contribution in [2.45, 2.75) is 6.92 Å². The van der Waals surface area contributed by atoms with Gasteiger partial charge in [-0.3, -0.25) is 9.59 Å². The Bertz CT molecular complexity index is 787. The number of carbonyl (C=O) groups excluding carboxylic acids is 2. The van der Waals surface area contributed by atoms with Crippen molar-refractivity contribution < 1.29 is 14.1 Å². The molecule has 24 heavy (non-hydrogen) atoms. The summed E-state index contributed by atoms with van der Waals surface area (Å²) in [6.07, 6.45) is 2.95. The summed E-state index contributed by atoms with van der Waals surface area (Å²) < 4.78 is 4.85. The van der Waals surface area contributed by atoms with E-state index >= 15 is 0 Å². The number of hydrogen-bond donors (Lipinski definition) is 1. The normalized spacial score (nSPS) is 10.8. The molecule has 8 heteroatoms. The Balaban J connectivity index is 1.90. The fraction of sp³-hybridized carbons (Fsp3) is 0.188. The topological polar surface area (TPSA) is 75.4 Å². The number of anilines is 1. The summed E-state index contributed by atoms with van der Waals surface area (Å²) >= 11 is 11.7. The zero-order chi connectivity index (χ0) is 17.7. The minimum absolute atomic E-state index is 0.115. The molecular weight excluding hydrogens is 353 g/mol. The number of likely N-dealkylation sites (N-methyl/N-ethyl adjacent to an activating group) is 1. The van der Waals surface area contributed by atoms with Crippen LogP contribution in [0.5, 0.6) is 0 Å². The predicted octanol–water partition coefficient (Wildman–Crippen LogP) is 3.40. The van der Waals surface area contributed by atoms with E-state index in [9.17, 15) is 9.59 Å². The highest BCUT2D eigenvalue weighted by Crippen LogP contribution is 2.23. The van der Waals surface area contributed by atoms with Gasteiger partial charge < -0.3 is 14.7 Å². The van der Waals surface area contributed by atoms with E-state index in [1.165, 1.54) is 18.0 Å². The summed E-state index contributed by atoms with van der Waals surface area (Å²) in [6, 6.07) is 6.61. The molecule has 1 aromatic carbocycles. The van der Waals surface area contributed by atoms with Crippen molar-refractivity contribution in [3.63, 3.8) is 0 Å². The quantitative estimate of drug-likeness (QED) is 0.821. The van der Waals surface area contributed by atoms with E-state index in [2.05, 4.69) is 10.5 Å². The number of nitrogens with zero attached hydrogens (tertiary/aromatic N) is 2. The van der Waals surface area contributed by atoms with Crippen LogP contribution in [0.25, 0.3) is 6.08 Å². The van der Waals surface area contributed by atoms with Gasteiger partial charge in [0.2, 0.25) is 11.8 Å². The number of halogens is 2. The first-order valence-corrected chi connectivity index (χ1v) is 7.72. The third kappa shape index (κ3) is 5.11. The molecule has 126 valence electrons. The van der Waals surface area contributed by atoms with Crippen molar-refractivity contribution in [2.24, 2.45) is 0 Å². The smallest absolute Gasteiger partial charge is 0.246 e. The Labute approximate surface area is 149 Å². The molecule has 1 N–H and O–H groups in total. The van der Waals surface area contributed by atoms with E-state index in [1.807, 2.05) is 0 Å². The van der Waals surface area contributed by atoms with Crippen molar-refractivity contribution in [1.29, 1.82) is 0 Å². The van der Waals surface area contributed by atoms with Crippen LogP contribution in [0.2, 0.25) is 10.0 Å². The van der Waals surface area contributed by atoms with Crippen molar-refractivity contribution in [3.8, 4) is 0 Å². The second-order valence-corrected chi connectivity index (χ2v) is 5.89. The number of carbonyl (C=O) groups is 2. The summed E-state index contributed by atoms with van der Waals surface area (Å²) in [6.45, 7) is 1.60. The molecule has 6 nitrogen and oxygen atoms in total. The maximum atomic E-state index is 12.0. The molecule has 2 aromatic rings.